The number of hydrogen-bond donors (Lipinski definition) is 1. The smallest absolute Gasteiger partial charge is 0.317 e. The summed E-state index contributed by atoms with van der Waals surface area (Å²) in [6.07, 6.45) is 4.93. The molecule has 3 nitrogen and oxygen atoms in total. The molecule has 2 unspecified atom stereocenters. The largest absolute Gasteiger partial charge is 0.333 e. The number of fused-ring (bicyclic) bond motifs is 1. The summed E-state index contributed by atoms with van der Waals surface area (Å²) < 4.78 is 0. The van der Waals surface area contributed by atoms with Gasteiger partial charge in [0.1, 0.15) is 0 Å². The Labute approximate surface area is 73.1 Å². The van der Waals surface area contributed by atoms with Crippen LogP contribution in [-0.4, -0.2) is 29.6 Å². The number of nitrogens with one attached hydrogen (secondary N) is 1. The Bertz CT molecular complexity index is 193. The van der Waals surface area contributed by atoms with Gasteiger partial charge < -0.3 is 10.2 Å². The van der Waals surface area contributed by atoms with Gasteiger partial charge in [-0.05, 0) is 19.8 Å². The van der Waals surface area contributed by atoms with E-state index in [0.717, 1.165) is 6.54 Å². The second-order valence-electron chi connectivity index (χ2n) is 3.69. The number of rotatable bonds is 1. The minimum atomic E-state index is 0.148. The predicted octanol–water partition coefficient (Wildman–Crippen LogP) is 1.34. The highest BCUT2D eigenvalue weighted by Crippen LogP contribution is 2.27. The molecule has 2 rings (SSSR count). The van der Waals surface area contributed by atoms with Crippen LogP contribution >= 0.6 is 0 Å². The highest BCUT2D eigenvalue weighted by molar-refractivity contribution is 5.77. The number of carbonyl (C=O) groups is 1. The van der Waals surface area contributed by atoms with Gasteiger partial charge in [-0.3, -0.25) is 0 Å². The van der Waals surface area contributed by atoms with Gasteiger partial charge in [-0.2, -0.15) is 0 Å². The number of amides is 2. The molecule has 1 N–H and O–H groups in total. The van der Waals surface area contributed by atoms with Crippen LogP contribution in [-0.2, 0) is 0 Å². The molecule has 12 heavy (non-hydrogen) atoms. The Kier molecular flexibility index (Phi) is 1.95. The van der Waals surface area contributed by atoms with Crippen LogP contribution in [0, 0.1) is 0 Å². The molecule has 0 radical (unpaired) electrons. The third kappa shape index (κ3) is 1.08. The molecule has 1 saturated carbocycles. The lowest BCUT2D eigenvalue weighted by molar-refractivity contribution is 0.195. The molecule has 0 aromatic rings. The summed E-state index contributed by atoms with van der Waals surface area (Å²) in [5, 5.41) is 3.04. The molecule has 0 aromatic carbocycles. The molecule has 2 amide bonds. The van der Waals surface area contributed by atoms with Crippen LogP contribution in [0.1, 0.15) is 32.6 Å². The number of hydrogen-bond acceptors (Lipinski definition) is 1. The van der Waals surface area contributed by atoms with Crippen LogP contribution in [0.15, 0.2) is 0 Å². The van der Waals surface area contributed by atoms with Crippen LogP contribution < -0.4 is 5.32 Å². The first-order valence-electron chi connectivity index (χ1n) is 4.90. The van der Waals surface area contributed by atoms with E-state index < -0.39 is 0 Å². The van der Waals surface area contributed by atoms with Crippen molar-refractivity contribution in [2.75, 3.05) is 6.54 Å². The van der Waals surface area contributed by atoms with Crippen molar-refractivity contribution in [1.29, 1.82) is 0 Å². The van der Waals surface area contributed by atoms with Gasteiger partial charge in [0.2, 0.25) is 0 Å². The van der Waals surface area contributed by atoms with Crippen molar-refractivity contribution < 1.29 is 4.79 Å². The number of carbonyl (C=O) groups excluding carboxylic acids is 1. The van der Waals surface area contributed by atoms with E-state index in [1.165, 1.54) is 25.7 Å². The third-order valence-electron chi connectivity index (χ3n) is 3.04. The van der Waals surface area contributed by atoms with E-state index in [1.54, 1.807) is 0 Å². The molecular formula is C9H16N2O. The van der Waals surface area contributed by atoms with Gasteiger partial charge in [0, 0.05) is 6.54 Å². The Morgan fingerprint density at radius 2 is 2.25 bits per heavy atom. The van der Waals surface area contributed by atoms with Crippen LogP contribution in [0.5, 0.6) is 0 Å². The Hall–Kier alpha value is -0.730. The van der Waals surface area contributed by atoms with Crippen molar-refractivity contribution in [2.45, 2.75) is 44.7 Å². The summed E-state index contributed by atoms with van der Waals surface area (Å²) >= 11 is 0. The number of nitrogens with zero attached hydrogens (tertiary/aromatic N) is 1. The lowest BCUT2D eigenvalue weighted by Crippen LogP contribution is -2.38. The zero-order chi connectivity index (χ0) is 8.55. The Balaban J connectivity index is 2.10. The minimum absolute atomic E-state index is 0.148. The van der Waals surface area contributed by atoms with Gasteiger partial charge in [-0.1, -0.05) is 12.8 Å². The zero-order valence-electron chi connectivity index (χ0n) is 7.55. The van der Waals surface area contributed by atoms with Crippen LogP contribution in [0.25, 0.3) is 0 Å². The van der Waals surface area contributed by atoms with Gasteiger partial charge in [-0.15, -0.1) is 0 Å². The fourth-order valence-electron chi connectivity index (χ4n) is 2.42. The number of urea groups is 1. The van der Waals surface area contributed by atoms with Gasteiger partial charge in [0.25, 0.3) is 0 Å². The maximum absolute atomic E-state index is 11.4. The van der Waals surface area contributed by atoms with Gasteiger partial charge in [-0.25, -0.2) is 4.79 Å². The summed E-state index contributed by atoms with van der Waals surface area (Å²) in [6, 6.07) is 1.09. The van der Waals surface area contributed by atoms with Crippen LogP contribution in [0.2, 0.25) is 0 Å². The van der Waals surface area contributed by atoms with Gasteiger partial charge >= 0.3 is 6.03 Å². The molecule has 0 aromatic heterocycles. The molecule has 68 valence electrons. The van der Waals surface area contributed by atoms with E-state index in [0.29, 0.717) is 12.1 Å². The third-order valence-corrected chi connectivity index (χ3v) is 3.04. The maximum Gasteiger partial charge on any atom is 0.317 e. The van der Waals surface area contributed by atoms with Crippen molar-refractivity contribution in [3.63, 3.8) is 0 Å². The lowest BCUT2D eigenvalue weighted by atomic mass is 9.91. The van der Waals surface area contributed by atoms with E-state index >= 15 is 0 Å². The quantitative estimate of drug-likeness (QED) is 0.629. The normalized spacial score (nSPS) is 34.8. The summed E-state index contributed by atoms with van der Waals surface area (Å²) in [6.45, 7) is 2.91. The van der Waals surface area contributed by atoms with Crippen molar-refractivity contribution in [3.8, 4) is 0 Å². The Morgan fingerprint density at radius 3 is 3.00 bits per heavy atom. The monoisotopic (exact) mass is 168 g/mol. The van der Waals surface area contributed by atoms with Crippen LogP contribution in [0.4, 0.5) is 4.79 Å². The van der Waals surface area contributed by atoms with Gasteiger partial charge in [0.15, 0.2) is 0 Å². The first kappa shape index (κ1) is 7.90. The number of likely N-dealkylation sites (N-methyl/N-ethyl adjacent to an activating group) is 1. The molecule has 1 aliphatic heterocycles. The first-order valence-corrected chi connectivity index (χ1v) is 4.90. The van der Waals surface area contributed by atoms with E-state index in [-0.39, 0.29) is 6.03 Å². The molecule has 2 atom stereocenters. The molecule has 2 fully saturated rings. The summed E-state index contributed by atoms with van der Waals surface area (Å²) in [5.41, 5.74) is 0. The highest BCUT2D eigenvalue weighted by atomic mass is 16.2. The van der Waals surface area contributed by atoms with E-state index in [2.05, 4.69) is 12.2 Å². The summed E-state index contributed by atoms with van der Waals surface area (Å²) in [4.78, 5) is 13.4. The van der Waals surface area contributed by atoms with Crippen molar-refractivity contribution >= 4 is 6.03 Å². The van der Waals surface area contributed by atoms with E-state index in [1.807, 2.05) is 4.90 Å². The van der Waals surface area contributed by atoms with Crippen molar-refractivity contribution in [2.24, 2.45) is 0 Å². The second kappa shape index (κ2) is 2.96. The molecule has 0 bridgehead atoms. The maximum atomic E-state index is 11.4. The second-order valence-corrected chi connectivity index (χ2v) is 3.69. The average molecular weight is 168 g/mol. The highest BCUT2D eigenvalue weighted by Gasteiger charge is 2.39. The zero-order valence-corrected chi connectivity index (χ0v) is 7.55. The fourth-order valence-corrected chi connectivity index (χ4v) is 2.42. The molecule has 1 heterocycles. The SMILES string of the molecule is CCN1C(=O)NC2CCCCC21. The molecule has 1 saturated heterocycles. The lowest BCUT2D eigenvalue weighted by Gasteiger charge is -2.28. The fraction of sp³-hybridized carbons (Fsp3) is 0.889. The Morgan fingerprint density at radius 1 is 1.50 bits per heavy atom. The predicted molar refractivity (Wildman–Crippen MR) is 47.0 cm³/mol. The molecule has 1 aliphatic carbocycles. The first-order chi connectivity index (χ1) is 5.83. The van der Waals surface area contributed by atoms with Gasteiger partial charge in [0.05, 0.1) is 12.1 Å². The molecular weight excluding hydrogens is 152 g/mol. The average Bonchev–Trinajstić information content (AvgIpc) is 2.40. The topological polar surface area (TPSA) is 32.3 Å². The van der Waals surface area contributed by atoms with E-state index in [4.69, 9.17) is 0 Å². The van der Waals surface area contributed by atoms with E-state index in [9.17, 15) is 4.79 Å². The summed E-state index contributed by atoms with van der Waals surface area (Å²) in [7, 11) is 0. The molecule has 2 aliphatic rings. The van der Waals surface area contributed by atoms with Crippen molar-refractivity contribution in [1.82, 2.24) is 10.2 Å². The standard InChI is InChI=1S/C9H16N2O/c1-2-11-8-6-4-3-5-7(8)10-9(11)12/h7-8H,2-6H2,1H3,(H,10,12). The molecule has 0 spiro atoms. The minimum Gasteiger partial charge on any atom is -0.333 e. The van der Waals surface area contributed by atoms with Crippen LogP contribution in [0.3, 0.4) is 0 Å². The summed E-state index contributed by atoms with van der Waals surface area (Å²) in [5.74, 6) is 0. The molecule has 3 heteroatoms. The van der Waals surface area contributed by atoms with Crippen molar-refractivity contribution in [3.05, 3.63) is 0 Å².